The molecular weight excluding hydrogens is 234 g/mol. The molecule has 1 aromatic carbocycles. The van der Waals surface area contributed by atoms with Crippen LogP contribution in [0.5, 0.6) is 0 Å². The van der Waals surface area contributed by atoms with Crippen LogP contribution in [0.4, 0.5) is 0 Å². The molecule has 19 heavy (non-hydrogen) atoms. The van der Waals surface area contributed by atoms with Crippen LogP contribution in [0.3, 0.4) is 0 Å². The monoisotopic (exact) mass is 259 g/mol. The lowest BCUT2D eigenvalue weighted by molar-refractivity contribution is 0.0936. The van der Waals surface area contributed by atoms with Crippen LogP contribution >= 0.6 is 0 Å². The number of carbonyl (C=O) groups excluding carboxylic acids is 1. The Labute approximate surface area is 116 Å². The van der Waals surface area contributed by atoms with Gasteiger partial charge in [0, 0.05) is 11.6 Å². The molecule has 0 bridgehead atoms. The van der Waals surface area contributed by atoms with Crippen LogP contribution in [0.15, 0.2) is 24.3 Å². The van der Waals surface area contributed by atoms with Gasteiger partial charge in [0.05, 0.1) is 0 Å². The number of hydrogen-bond acceptors (Lipinski definition) is 1. The van der Waals surface area contributed by atoms with Crippen molar-refractivity contribution in [2.45, 2.75) is 58.9 Å². The lowest BCUT2D eigenvalue weighted by Gasteiger charge is -2.18. The molecule has 0 aliphatic heterocycles. The van der Waals surface area contributed by atoms with E-state index in [4.69, 9.17) is 0 Å². The minimum absolute atomic E-state index is 0.0676. The van der Waals surface area contributed by atoms with Crippen molar-refractivity contribution in [2.24, 2.45) is 5.41 Å². The van der Waals surface area contributed by atoms with Gasteiger partial charge in [0.25, 0.3) is 5.91 Å². The largest absolute Gasteiger partial charge is 0.349 e. The van der Waals surface area contributed by atoms with Crippen LogP contribution in [0.2, 0.25) is 0 Å². The van der Waals surface area contributed by atoms with E-state index in [1.165, 1.54) is 12.0 Å². The Hall–Kier alpha value is -1.31. The molecule has 2 nitrogen and oxygen atoms in total. The lowest BCUT2D eigenvalue weighted by atomic mass is 9.92. The van der Waals surface area contributed by atoms with E-state index in [9.17, 15) is 4.79 Å². The van der Waals surface area contributed by atoms with Crippen molar-refractivity contribution in [1.82, 2.24) is 5.32 Å². The molecule has 1 aliphatic carbocycles. The molecule has 1 N–H and O–H groups in total. The minimum Gasteiger partial charge on any atom is -0.349 e. The Morgan fingerprint density at radius 3 is 2.37 bits per heavy atom. The molecule has 1 amide bonds. The van der Waals surface area contributed by atoms with Crippen LogP contribution in [0.1, 0.15) is 68.8 Å². The van der Waals surface area contributed by atoms with Crippen molar-refractivity contribution in [3.63, 3.8) is 0 Å². The predicted octanol–water partition coefficient (Wildman–Crippen LogP) is 4.12. The molecule has 0 radical (unpaired) electrons. The van der Waals surface area contributed by atoms with Gasteiger partial charge in [0.1, 0.15) is 0 Å². The van der Waals surface area contributed by atoms with E-state index < -0.39 is 0 Å². The fourth-order valence-electron chi connectivity index (χ4n) is 2.85. The van der Waals surface area contributed by atoms with Crippen LogP contribution in [-0.2, 0) is 0 Å². The first-order valence-corrected chi connectivity index (χ1v) is 7.28. The molecule has 1 atom stereocenters. The molecule has 0 spiro atoms. The average Bonchev–Trinajstić information content (AvgIpc) is 2.68. The summed E-state index contributed by atoms with van der Waals surface area (Å²) in [5.74, 6) is 0.575. The third-order valence-corrected chi connectivity index (χ3v) is 4.14. The number of rotatable bonds is 3. The second-order valence-corrected chi connectivity index (χ2v) is 6.85. The van der Waals surface area contributed by atoms with E-state index in [0.29, 0.717) is 17.4 Å². The maximum absolute atomic E-state index is 12.2. The SMILES string of the molecule is CC(C)c1ccc(C(=O)NC2CCC(C)(C)C2)cc1. The van der Waals surface area contributed by atoms with Gasteiger partial charge in [-0.15, -0.1) is 0 Å². The smallest absolute Gasteiger partial charge is 0.251 e. The normalized spacial score (nSPS) is 21.6. The Morgan fingerprint density at radius 2 is 1.89 bits per heavy atom. The number of nitrogens with one attached hydrogen (secondary N) is 1. The van der Waals surface area contributed by atoms with E-state index in [-0.39, 0.29) is 5.91 Å². The molecule has 104 valence electrons. The van der Waals surface area contributed by atoms with Gasteiger partial charge < -0.3 is 5.32 Å². The fourth-order valence-corrected chi connectivity index (χ4v) is 2.85. The van der Waals surface area contributed by atoms with E-state index in [1.54, 1.807) is 0 Å². The zero-order valence-corrected chi connectivity index (χ0v) is 12.5. The maximum atomic E-state index is 12.2. The number of amides is 1. The van der Waals surface area contributed by atoms with Crippen molar-refractivity contribution in [3.8, 4) is 0 Å². The zero-order chi connectivity index (χ0) is 14.0. The van der Waals surface area contributed by atoms with Crippen molar-refractivity contribution >= 4 is 5.91 Å². The predicted molar refractivity (Wildman–Crippen MR) is 79.4 cm³/mol. The van der Waals surface area contributed by atoms with Gasteiger partial charge in [-0.1, -0.05) is 39.8 Å². The Bertz CT molecular complexity index is 445. The average molecular weight is 259 g/mol. The summed E-state index contributed by atoms with van der Waals surface area (Å²) in [5.41, 5.74) is 2.42. The number of hydrogen-bond donors (Lipinski definition) is 1. The van der Waals surface area contributed by atoms with Gasteiger partial charge >= 0.3 is 0 Å². The molecule has 0 heterocycles. The standard InChI is InChI=1S/C17H25NO/c1-12(2)13-5-7-14(8-6-13)16(19)18-15-9-10-17(3,4)11-15/h5-8,12,15H,9-11H2,1-4H3,(H,18,19). The summed E-state index contributed by atoms with van der Waals surface area (Å²) in [6.07, 6.45) is 3.38. The summed E-state index contributed by atoms with van der Waals surface area (Å²) in [7, 11) is 0. The second-order valence-electron chi connectivity index (χ2n) is 6.85. The molecule has 1 saturated carbocycles. The molecule has 1 aromatic rings. The molecule has 1 fully saturated rings. The van der Waals surface area contributed by atoms with E-state index >= 15 is 0 Å². The summed E-state index contributed by atoms with van der Waals surface area (Å²) < 4.78 is 0. The maximum Gasteiger partial charge on any atom is 0.251 e. The summed E-state index contributed by atoms with van der Waals surface area (Å²) >= 11 is 0. The van der Waals surface area contributed by atoms with E-state index in [0.717, 1.165) is 18.4 Å². The van der Waals surface area contributed by atoms with Crippen molar-refractivity contribution in [1.29, 1.82) is 0 Å². The molecule has 1 unspecified atom stereocenters. The number of benzene rings is 1. The molecule has 2 rings (SSSR count). The van der Waals surface area contributed by atoms with Gasteiger partial charge in [0.15, 0.2) is 0 Å². The second kappa shape index (κ2) is 5.36. The Kier molecular flexibility index (Phi) is 3.98. The lowest BCUT2D eigenvalue weighted by Crippen LogP contribution is -2.33. The summed E-state index contributed by atoms with van der Waals surface area (Å²) in [4.78, 5) is 12.2. The highest BCUT2D eigenvalue weighted by Crippen LogP contribution is 2.36. The zero-order valence-electron chi connectivity index (χ0n) is 12.5. The van der Waals surface area contributed by atoms with Gasteiger partial charge in [-0.3, -0.25) is 4.79 Å². The first-order chi connectivity index (χ1) is 8.87. The van der Waals surface area contributed by atoms with E-state index in [2.05, 4.69) is 45.1 Å². The highest BCUT2D eigenvalue weighted by Gasteiger charge is 2.31. The van der Waals surface area contributed by atoms with Gasteiger partial charge in [-0.25, -0.2) is 0 Å². The first-order valence-electron chi connectivity index (χ1n) is 7.28. The highest BCUT2D eigenvalue weighted by atomic mass is 16.1. The summed E-state index contributed by atoms with van der Waals surface area (Å²) in [5, 5.41) is 3.16. The Balaban J connectivity index is 1.97. The number of carbonyl (C=O) groups is 1. The van der Waals surface area contributed by atoms with E-state index in [1.807, 2.05) is 12.1 Å². The molecule has 0 aromatic heterocycles. The molecule has 1 aliphatic rings. The van der Waals surface area contributed by atoms with Gasteiger partial charge in [-0.2, -0.15) is 0 Å². The van der Waals surface area contributed by atoms with Crippen molar-refractivity contribution in [2.75, 3.05) is 0 Å². The fraction of sp³-hybridized carbons (Fsp3) is 0.588. The van der Waals surface area contributed by atoms with Crippen LogP contribution in [0, 0.1) is 5.41 Å². The van der Waals surface area contributed by atoms with Gasteiger partial charge in [-0.05, 0) is 48.3 Å². The third kappa shape index (κ3) is 3.59. The van der Waals surface area contributed by atoms with Gasteiger partial charge in [0.2, 0.25) is 0 Å². The van der Waals surface area contributed by atoms with Crippen LogP contribution in [0.25, 0.3) is 0 Å². The first kappa shape index (κ1) is 14.1. The van der Waals surface area contributed by atoms with Crippen molar-refractivity contribution < 1.29 is 4.79 Å². The molecular formula is C17H25NO. The quantitative estimate of drug-likeness (QED) is 0.869. The highest BCUT2D eigenvalue weighted by molar-refractivity contribution is 5.94. The van der Waals surface area contributed by atoms with Crippen LogP contribution in [-0.4, -0.2) is 11.9 Å². The summed E-state index contributed by atoms with van der Waals surface area (Å²) in [6, 6.07) is 8.32. The topological polar surface area (TPSA) is 29.1 Å². The minimum atomic E-state index is 0.0676. The van der Waals surface area contributed by atoms with Crippen LogP contribution < -0.4 is 5.32 Å². The van der Waals surface area contributed by atoms with Crippen molar-refractivity contribution in [3.05, 3.63) is 35.4 Å². The molecule has 0 saturated heterocycles. The third-order valence-electron chi connectivity index (χ3n) is 4.14. The summed E-state index contributed by atoms with van der Waals surface area (Å²) in [6.45, 7) is 8.87. The molecule has 2 heteroatoms. The Morgan fingerprint density at radius 1 is 1.26 bits per heavy atom.